The van der Waals surface area contributed by atoms with Gasteiger partial charge in [0.25, 0.3) is 5.91 Å². The lowest BCUT2D eigenvalue weighted by Gasteiger charge is -2.17. The third-order valence-corrected chi connectivity index (χ3v) is 4.72. The summed E-state index contributed by atoms with van der Waals surface area (Å²) in [5, 5.41) is 18.8. The molecule has 0 bridgehead atoms. The largest absolute Gasteiger partial charge is 0.507 e. The molecule has 0 unspecified atom stereocenters. The molecule has 0 aliphatic carbocycles. The Bertz CT molecular complexity index is 1090. The number of amides is 1. The van der Waals surface area contributed by atoms with Crippen LogP contribution in [0.15, 0.2) is 30.3 Å². The van der Waals surface area contributed by atoms with E-state index in [1.54, 1.807) is 24.3 Å². The van der Waals surface area contributed by atoms with Crippen molar-refractivity contribution in [2.24, 2.45) is 5.73 Å². The van der Waals surface area contributed by atoms with Crippen molar-refractivity contribution in [2.45, 2.75) is 19.8 Å². The zero-order valence-electron chi connectivity index (χ0n) is 17.5. The minimum Gasteiger partial charge on any atom is -0.507 e. The van der Waals surface area contributed by atoms with E-state index in [1.807, 2.05) is 13.8 Å². The van der Waals surface area contributed by atoms with Gasteiger partial charge in [0.1, 0.15) is 23.0 Å². The van der Waals surface area contributed by atoms with Crippen LogP contribution in [0.5, 0.6) is 23.0 Å². The highest BCUT2D eigenvalue weighted by atomic mass is 16.5. The Morgan fingerprint density at radius 3 is 2.30 bits per heavy atom. The van der Waals surface area contributed by atoms with Crippen molar-refractivity contribution in [1.29, 1.82) is 0 Å². The van der Waals surface area contributed by atoms with Crippen LogP contribution < -0.4 is 19.9 Å². The molecule has 0 saturated carbocycles. The van der Waals surface area contributed by atoms with Gasteiger partial charge in [-0.3, -0.25) is 9.36 Å². The molecule has 0 fully saturated rings. The Labute approximate surface area is 174 Å². The van der Waals surface area contributed by atoms with E-state index in [1.165, 1.54) is 32.0 Å². The molecule has 0 spiro atoms. The van der Waals surface area contributed by atoms with Crippen LogP contribution in [0.25, 0.3) is 17.1 Å². The van der Waals surface area contributed by atoms with E-state index < -0.39 is 5.91 Å². The maximum atomic E-state index is 12.1. The second kappa shape index (κ2) is 8.32. The van der Waals surface area contributed by atoms with Gasteiger partial charge in [0, 0.05) is 12.1 Å². The Kier molecular flexibility index (Phi) is 5.81. The molecule has 9 nitrogen and oxygen atoms in total. The van der Waals surface area contributed by atoms with Crippen LogP contribution in [0.2, 0.25) is 0 Å². The van der Waals surface area contributed by atoms with Gasteiger partial charge < -0.3 is 25.1 Å². The number of aromatic hydroxyl groups is 1. The van der Waals surface area contributed by atoms with Crippen LogP contribution in [0.4, 0.5) is 0 Å². The van der Waals surface area contributed by atoms with E-state index in [-0.39, 0.29) is 23.3 Å². The van der Waals surface area contributed by atoms with Crippen LogP contribution in [0.1, 0.15) is 35.9 Å². The Hall–Kier alpha value is -3.75. The normalized spacial score (nSPS) is 10.9. The second-order valence-corrected chi connectivity index (χ2v) is 6.85. The van der Waals surface area contributed by atoms with Crippen molar-refractivity contribution in [3.8, 4) is 40.1 Å². The van der Waals surface area contributed by atoms with Crippen LogP contribution in [0, 0.1) is 0 Å². The summed E-state index contributed by atoms with van der Waals surface area (Å²) in [7, 11) is 4.57. The molecule has 1 aromatic heterocycles. The summed E-state index contributed by atoms with van der Waals surface area (Å²) in [6, 6.07) is 8.34. The number of nitrogens with two attached hydrogens (primary N) is 1. The van der Waals surface area contributed by atoms with Gasteiger partial charge in [0.05, 0.1) is 32.6 Å². The first-order chi connectivity index (χ1) is 14.3. The van der Waals surface area contributed by atoms with Gasteiger partial charge in [-0.1, -0.05) is 13.8 Å². The number of ether oxygens (including phenoxy) is 3. The molecule has 30 heavy (non-hydrogen) atoms. The van der Waals surface area contributed by atoms with Gasteiger partial charge in [0.15, 0.2) is 5.82 Å². The molecule has 0 atom stereocenters. The second-order valence-electron chi connectivity index (χ2n) is 6.85. The van der Waals surface area contributed by atoms with E-state index in [2.05, 4.69) is 10.2 Å². The SMILES string of the molecule is COc1ccc(-n2c(C(N)=O)nnc2-c2cc(C(C)C)c(OC)cc2O)c(OC)c1. The lowest BCUT2D eigenvalue weighted by Crippen LogP contribution is -2.18. The minimum atomic E-state index is -0.774. The smallest absolute Gasteiger partial charge is 0.287 e. The number of aromatic nitrogens is 3. The van der Waals surface area contributed by atoms with Crippen LogP contribution in [0.3, 0.4) is 0 Å². The maximum absolute atomic E-state index is 12.1. The van der Waals surface area contributed by atoms with E-state index in [4.69, 9.17) is 19.9 Å². The van der Waals surface area contributed by atoms with Gasteiger partial charge in [-0.2, -0.15) is 0 Å². The zero-order chi connectivity index (χ0) is 22.0. The number of methoxy groups -OCH3 is 3. The quantitative estimate of drug-likeness (QED) is 0.612. The number of rotatable bonds is 7. The molecule has 158 valence electrons. The maximum Gasteiger partial charge on any atom is 0.287 e. The van der Waals surface area contributed by atoms with Crippen molar-refractivity contribution in [3.05, 3.63) is 41.7 Å². The first-order valence-electron chi connectivity index (χ1n) is 9.21. The molecular weight excluding hydrogens is 388 g/mol. The molecule has 0 radical (unpaired) electrons. The Morgan fingerprint density at radius 1 is 1.03 bits per heavy atom. The molecule has 0 aliphatic rings. The molecule has 0 aliphatic heterocycles. The van der Waals surface area contributed by atoms with E-state index in [0.29, 0.717) is 28.5 Å². The monoisotopic (exact) mass is 412 g/mol. The third-order valence-electron chi connectivity index (χ3n) is 4.72. The fourth-order valence-corrected chi connectivity index (χ4v) is 3.21. The topological polar surface area (TPSA) is 122 Å². The van der Waals surface area contributed by atoms with Gasteiger partial charge in [-0.15, -0.1) is 10.2 Å². The number of primary amides is 1. The zero-order valence-corrected chi connectivity index (χ0v) is 17.5. The number of nitrogens with zero attached hydrogens (tertiary/aromatic N) is 3. The Balaban J connectivity index is 2.33. The van der Waals surface area contributed by atoms with Crippen molar-refractivity contribution in [1.82, 2.24) is 14.8 Å². The Morgan fingerprint density at radius 2 is 1.73 bits per heavy atom. The van der Waals surface area contributed by atoms with E-state index in [9.17, 15) is 9.90 Å². The number of carbonyl (C=O) groups excluding carboxylic acids is 1. The van der Waals surface area contributed by atoms with Crippen LogP contribution in [-0.4, -0.2) is 47.1 Å². The van der Waals surface area contributed by atoms with Crippen molar-refractivity contribution in [3.63, 3.8) is 0 Å². The highest BCUT2D eigenvalue weighted by Crippen LogP contribution is 2.40. The molecule has 0 saturated heterocycles. The number of carbonyl (C=O) groups is 1. The van der Waals surface area contributed by atoms with Crippen molar-refractivity contribution < 1.29 is 24.1 Å². The third kappa shape index (κ3) is 3.61. The molecule has 2 aromatic carbocycles. The van der Waals surface area contributed by atoms with Gasteiger partial charge in [-0.05, 0) is 29.7 Å². The average Bonchev–Trinajstić information content (AvgIpc) is 3.17. The van der Waals surface area contributed by atoms with Crippen molar-refractivity contribution in [2.75, 3.05) is 21.3 Å². The van der Waals surface area contributed by atoms with E-state index in [0.717, 1.165) is 5.56 Å². The number of phenols is 1. The fraction of sp³-hybridized carbons (Fsp3) is 0.286. The summed E-state index contributed by atoms with van der Waals surface area (Å²) >= 11 is 0. The van der Waals surface area contributed by atoms with Crippen LogP contribution >= 0.6 is 0 Å². The molecular formula is C21H24N4O5. The average molecular weight is 412 g/mol. The summed E-state index contributed by atoms with van der Waals surface area (Å²) in [6.07, 6.45) is 0. The predicted molar refractivity (Wildman–Crippen MR) is 111 cm³/mol. The lowest BCUT2D eigenvalue weighted by molar-refractivity contribution is 0.0988. The number of benzene rings is 2. The van der Waals surface area contributed by atoms with Gasteiger partial charge >= 0.3 is 0 Å². The lowest BCUT2D eigenvalue weighted by atomic mass is 9.98. The highest BCUT2D eigenvalue weighted by Gasteiger charge is 2.25. The molecule has 3 rings (SSSR count). The standard InChI is InChI=1S/C21H24N4O5/c1-11(2)13-9-14(16(26)10-17(13)29-4)20-23-24-21(19(22)27)25(20)15-7-6-12(28-3)8-18(15)30-5/h6-11,26H,1-5H3,(H2,22,27). The summed E-state index contributed by atoms with van der Waals surface area (Å²) in [4.78, 5) is 12.1. The van der Waals surface area contributed by atoms with E-state index >= 15 is 0 Å². The first-order valence-corrected chi connectivity index (χ1v) is 9.21. The summed E-state index contributed by atoms with van der Waals surface area (Å²) in [5.41, 5.74) is 7.24. The predicted octanol–water partition coefficient (Wildman–Crippen LogP) is 2.89. The van der Waals surface area contributed by atoms with Crippen LogP contribution in [-0.2, 0) is 0 Å². The van der Waals surface area contributed by atoms with Crippen molar-refractivity contribution >= 4 is 5.91 Å². The number of phenolic OH excluding ortho intramolecular Hbond substituents is 1. The van der Waals surface area contributed by atoms with Gasteiger partial charge in [0.2, 0.25) is 5.82 Å². The summed E-state index contributed by atoms with van der Waals surface area (Å²) in [6.45, 7) is 4.01. The van der Waals surface area contributed by atoms with Gasteiger partial charge in [-0.25, -0.2) is 0 Å². The summed E-state index contributed by atoms with van der Waals surface area (Å²) < 4.78 is 17.6. The molecule has 3 N–H and O–H groups in total. The first kappa shape index (κ1) is 21.0. The minimum absolute atomic E-state index is 0.0756. The highest BCUT2D eigenvalue weighted by molar-refractivity contribution is 5.91. The molecule has 9 heteroatoms. The number of hydrogen-bond acceptors (Lipinski definition) is 7. The summed E-state index contributed by atoms with van der Waals surface area (Å²) in [5.74, 6) is 0.924. The molecule has 1 amide bonds. The number of hydrogen-bond donors (Lipinski definition) is 2. The molecule has 3 aromatic rings. The molecule has 1 heterocycles. The fourth-order valence-electron chi connectivity index (χ4n) is 3.21.